The van der Waals surface area contributed by atoms with E-state index in [0.29, 0.717) is 5.92 Å². The Bertz CT molecular complexity index is 927. The third-order valence-electron chi connectivity index (χ3n) is 6.24. The van der Waals surface area contributed by atoms with Gasteiger partial charge < -0.3 is 10.1 Å². The highest BCUT2D eigenvalue weighted by molar-refractivity contribution is 5.88. The molecule has 1 heterocycles. The molecule has 190 valence electrons. The number of hydrogen-bond acceptors (Lipinski definition) is 3. The Morgan fingerprint density at radius 2 is 1.80 bits per heavy atom. The van der Waals surface area contributed by atoms with E-state index in [2.05, 4.69) is 68.3 Å². The monoisotopic (exact) mass is 476 g/mol. The summed E-state index contributed by atoms with van der Waals surface area (Å²) in [6.45, 7) is 8.61. The van der Waals surface area contributed by atoms with E-state index in [-0.39, 0.29) is 11.9 Å². The molecular weight excluding hydrogens is 432 g/mol. The second kappa shape index (κ2) is 15.9. The average Bonchev–Trinajstić information content (AvgIpc) is 2.86. The number of methoxy groups -OCH3 is 1. The van der Waals surface area contributed by atoms with Crippen LogP contribution in [0.15, 0.2) is 60.8 Å². The van der Waals surface area contributed by atoms with Crippen LogP contribution in [0.3, 0.4) is 0 Å². The van der Waals surface area contributed by atoms with Gasteiger partial charge >= 0.3 is 0 Å². The molecule has 0 saturated heterocycles. The number of aryl methyl sites for hydroxylation is 1. The van der Waals surface area contributed by atoms with Gasteiger partial charge in [-0.3, -0.25) is 9.78 Å². The molecule has 0 unspecified atom stereocenters. The van der Waals surface area contributed by atoms with Crippen LogP contribution in [-0.2, 0) is 11.2 Å². The zero-order valence-electron chi connectivity index (χ0n) is 22.3. The number of benzene rings is 1. The number of nitrogens with one attached hydrogen (secondary N) is 1. The van der Waals surface area contributed by atoms with E-state index in [0.717, 1.165) is 43.5 Å². The molecule has 0 aliphatic heterocycles. The Kier molecular flexibility index (Phi) is 12.9. The van der Waals surface area contributed by atoms with Gasteiger partial charge in [-0.2, -0.15) is 0 Å². The van der Waals surface area contributed by atoms with Gasteiger partial charge in [0.25, 0.3) is 0 Å². The molecule has 0 radical (unpaired) electrons. The number of unbranched alkanes of at least 4 members (excludes halogenated alkanes) is 3. The minimum Gasteiger partial charge on any atom is -0.497 e. The number of carbonyl (C=O) groups is 1. The van der Waals surface area contributed by atoms with Crippen LogP contribution in [0.25, 0.3) is 5.57 Å². The van der Waals surface area contributed by atoms with Crippen LogP contribution in [0.1, 0.15) is 95.4 Å². The molecule has 4 nitrogen and oxygen atoms in total. The second-order valence-electron chi connectivity index (χ2n) is 9.64. The van der Waals surface area contributed by atoms with E-state index >= 15 is 0 Å². The minimum atomic E-state index is -0.0447. The molecule has 1 aromatic carbocycles. The third kappa shape index (κ3) is 10.9. The lowest BCUT2D eigenvalue weighted by Gasteiger charge is -2.12. The SMILES string of the molecule is CCCCCCC(=CC=CC(=O)N[C@H](C)CCCc1ccc(C(C)C)nc1)c1ccc(OC)cc1. The summed E-state index contributed by atoms with van der Waals surface area (Å²) in [5, 5.41) is 3.09. The van der Waals surface area contributed by atoms with Crippen molar-refractivity contribution < 1.29 is 9.53 Å². The normalized spacial score (nSPS) is 12.8. The number of ether oxygens (including phenoxy) is 1. The lowest BCUT2D eigenvalue weighted by molar-refractivity contribution is -0.117. The predicted molar refractivity (Wildman–Crippen MR) is 148 cm³/mol. The summed E-state index contributed by atoms with van der Waals surface area (Å²) in [5.74, 6) is 1.26. The average molecular weight is 477 g/mol. The van der Waals surface area contributed by atoms with E-state index in [1.807, 2.05) is 24.4 Å². The van der Waals surface area contributed by atoms with Crippen molar-refractivity contribution in [1.82, 2.24) is 10.3 Å². The van der Waals surface area contributed by atoms with Crippen LogP contribution in [0.2, 0.25) is 0 Å². The number of rotatable bonds is 15. The molecule has 2 aromatic rings. The van der Waals surface area contributed by atoms with Crippen molar-refractivity contribution in [3.63, 3.8) is 0 Å². The Labute approximate surface area is 212 Å². The number of hydrogen-bond donors (Lipinski definition) is 1. The van der Waals surface area contributed by atoms with Crippen molar-refractivity contribution in [2.75, 3.05) is 7.11 Å². The van der Waals surface area contributed by atoms with Crippen LogP contribution in [0.4, 0.5) is 0 Å². The highest BCUT2D eigenvalue weighted by Crippen LogP contribution is 2.24. The molecule has 1 aromatic heterocycles. The van der Waals surface area contributed by atoms with Crippen molar-refractivity contribution in [2.45, 2.75) is 91.0 Å². The number of amides is 1. The molecule has 0 saturated carbocycles. The van der Waals surface area contributed by atoms with E-state index in [1.54, 1.807) is 13.2 Å². The van der Waals surface area contributed by atoms with Gasteiger partial charge in [-0.1, -0.05) is 70.4 Å². The van der Waals surface area contributed by atoms with E-state index < -0.39 is 0 Å². The van der Waals surface area contributed by atoms with Crippen LogP contribution >= 0.6 is 0 Å². The molecule has 0 bridgehead atoms. The van der Waals surface area contributed by atoms with Crippen LogP contribution in [0.5, 0.6) is 5.75 Å². The predicted octanol–water partition coefficient (Wildman–Crippen LogP) is 7.65. The molecule has 1 N–H and O–H groups in total. The second-order valence-corrected chi connectivity index (χ2v) is 9.64. The Balaban J connectivity index is 1.85. The molecule has 0 fully saturated rings. The van der Waals surface area contributed by atoms with Crippen molar-refractivity contribution in [3.05, 3.63) is 77.6 Å². The van der Waals surface area contributed by atoms with Crippen molar-refractivity contribution in [2.24, 2.45) is 0 Å². The zero-order valence-corrected chi connectivity index (χ0v) is 22.3. The molecule has 0 aliphatic rings. The van der Waals surface area contributed by atoms with Gasteiger partial charge in [0.1, 0.15) is 5.75 Å². The molecule has 2 rings (SSSR count). The maximum Gasteiger partial charge on any atom is 0.244 e. The number of carbonyl (C=O) groups excluding carboxylic acids is 1. The van der Waals surface area contributed by atoms with Gasteiger partial charge in [0.2, 0.25) is 5.91 Å². The first-order valence-corrected chi connectivity index (χ1v) is 13.2. The first kappa shape index (κ1) is 28.4. The molecule has 35 heavy (non-hydrogen) atoms. The standard InChI is InChI=1S/C31H44N2O2/c1-6-7-8-9-14-27(28-18-20-29(35-5)21-19-28)15-11-16-31(34)33-25(4)12-10-13-26-17-22-30(24(2)3)32-23-26/h11,15-25H,6-10,12-14H2,1-5H3,(H,33,34)/t25-/m1/s1. The molecule has 0 aliphatic carbocycles. The van der Waals surface area contributed by atoms with Crippen LogP contribution in [-0.4, -0.2) is 24.0 Å². The summed E-state index contributed by atoms with van der Waals surface area (Å²) in [4.78, 5) is 17.0. The maximum atomic E-state index is 12.4. The van der Waals surface area contributed by atoms with Crippen LogP contribution < -0.4 is 10.1 Å². The van der Waals surface area contributed by atoms with E-state index in [9.17, 15) is 4.79 Å². The molecule has 0 spiro atoms. The summed E-state index contributed by atoms with van der Waals surface area (Å²) in [7, 11) is 1.68. The zero-order chi connectivity index (χ0) is 25.5. The lowest BCUT2D eigenvalue weighted by Crippen LogP contribution is -2.31. The minimum absolute atomic E-state index is 0.0447. The van der Waals surface area contributed by atoms with Gasteiger partial charge in [0.05, 0.1) is 7.11 Å². The summed E-state index contributed by atoms with van der Waals surface area (Å²) in [5.41, 5.74) is 4.81. The third-order valence-corrected chi connectivity index (χ3v) is 6.24. The molecule has 1 amide bonds. The smallest absolute Gasteiger partial charge is 0.244 e. The molecular formula is C31H44N2O2. The van der Waals surface area contributed by atoms with Gasteiger partial charge in [-0.05, 0) is 79.8 Å². The highest BCUT2D eigenvalue weighted by atomic mass is 16.5. The first-order valence-electron chi connectivity index (χ1n) is 13.2. The fourth-order valence-electron chi connectivity index (χ4n) is 4.02. The maximum absolute atomic E-state index is 12.4. The summed E-state index contributed by atoms with van der Waals surface area (Å²) in [6, 6.07) is 12.6. The van der Waals surface area contributed by atoms with Crippen molar-refractivity contribution in [1.29, 1.82) is 0 Å². The summed E-state index contributed by atoms with van der Waals surface area (Å²) < 4.78 is 5.29. The van der Waals surface area contributed by atoms with Crippen molar-refractivity contribution in [3.8, 4) is 5.75 Å². The van der Waals surface area contributed by atoms with Crippen LogP contribution in [0, 0.1) is 0 Å². The van der Waals surface area contributed by atoms with Crippen molar-refractivity contribution >= 4 is 11.5 Å². The van der Waals surface area contributed by atoms with E-state index in [1.165, 1.54) is 36.0 Å². The number of allylic oxidation sites excluding steroid dienone is 3. The number of pyridine rings is 1. The van der Waals surface area contributed by atoms with Gasteiger partial charge in [-0.25, -0.2) is 0 Å². The summed E-state index contributed by atoms with van der Waals surface area (Å²) >= 11 is 0. The quantitative estimate of drug-likeness (QED) is 0.163. The lowest BCUT2D eigenvalue weighted by atomic mass is 9.98. The Hall–Kier alpha value is -2.88. The summed E-state index contributed by atoms with van der Waals surface area (Å²) in [6.07, 6.45) is 16.4. The topological polar surface area (TPSA) is 51.2 Å². The fraction of sp³-hybridized carbons (Fsp3) is 0.484. The first-order chi connectivity index (χ1) is 16.9. The van der Waals surface area contributed by atoms with E-state index in [4.69, 9.17) is 4.74 Å². The van der Waals surface area contributed by atoms with Gasteiger partial charge in [-0.15, -0.1) is 0 Å². The highest BCUT2D eigenvalue weighted by Gasteiger charge is 2.06. The largest absolute Gasteiger partial charge is 0.497 e. The van der Waals surface area contributed by atoms with Gasteiger partial charge in [0.15, 0.2) is 0 Å². The number of aromatic nitrogens is 1. The molecule has 4 heteroatoms. The fourth-order valence-corrected chi connectivity index (χ4v) is 4.02. The van der Waals surface area contributed by atoms with Gasteiger partial charge in [0, 0.05) is 24.0 Å². The molecule has 1 atom stereocenters. The Morgan fingerprint density at radius 1 is 1.03 bits per heavy atom. The number of nitrogens with zero attached hydrogens (tertiary/aromatic N) is 1. The Morgan fingerprint density at radius 3 is 2.43 bits per heavy atom.